The second-order valence-electron chi connectivity index (χ2n) is 5.92. The molecule has 0 spiro atoms. The molecule has 1 unspecified atom stereocenters. The molecule has 0 aliphatic heterocycles. The predicted molar refractivity (Wildman–Crippen MR) is 87.8 cm³/mol. The van der Waals surface area contributed by atoms with Crippen LogP contribution in [0.15, 0.2) is 0 Å². The van der Waals surface area contributed by atoms with Gasteiger partial charge in [-0.2, -0.15) is 39.5 Å². The van der Waals surface area contributed by atoms with E-state index in [2.05, 4.69) is 0 Å². The summed E-state index contributed by atoms with van der Waals surface area (Å²) < 4.78 is 154. The molecule has 0 aromatic carbocycles. The third kappa shape index (κ3) is 8.73. The summed E-state index contributed by atoms with van der Waals surface area (Å²) >= 11 is 1.87. The van der Waals surface area contributed by atoms with Crippen molar-refractivity contribution in [2.24, 2.45) is 5.92 Å². The van der Waals surface area contributed by atoms with Gasteiger partial charge in [0.1, 0.15) is 0 Å². The van der Waals surface area contributed by atoms with E-state index in [9.17, 15) is 52.3 Å². The number of sulfonamides is 1. The van der Waals surface area contributed by atoms with Crippen LogP contribution in [0, 0.1) is 5.92 Å². The molecule has 0 heterocycles. The van der Waals surface area contributed by atoms with Crippen LogP contribution in [0.5, 0.6) is 0 Å². The van der Waals surface area contributed by atoms with Crippen LogP contribution in [-0.2, 0) is 10.0 Å². The first-order valence-corrected chi connectivity index (χ1v) is 10.1. The van der Waals surface area contributed by atoms with Crippen molar-refractivity contribution in [2.45, 2.75) is 43.5 Å². The van der Waals surface area contributed by atoms with Crippen LogP contribution in [0.1, 0.15) is 19.3 Å². The van der Waals surface area contributed by atoms with Crippen molar-refractivity contribution in [3.63, 3.8) is 0 Å². The van der Waals surface area contributed by atoms with Gasteiger partial charge in [0.05, 0.1) is 11.7 Å². The fourth-order valence-electron chi connectivity index (χ4n) is 2.01. The minimum Gasteiger partial charge on any atom is -0.251 e. The van der Waals surface area contributed by atoms with Crippen molar-refractivity contribution in [1.82, 2.24) is 7.84 Å². The van der Waals surface area contributed by atoms with Crippen LogP contribution in [0.2, 0.25) is 0 Å². The van der Waals surface area contributed by atoms with E-state index >= 15 is 0 Å². The van der Waals surface area contributed by atoms with E-state index in [1.165, 1.54) is 0 Å². The predicted octanol–water partition coefficient (Wildman–Crippen LogP) is 4.37. The maximum absolute atomic E-state index is 13.6. The van der Waals surface area contributed by atoms with Crippen molar-refractivity contribution >= 4 is 32.9 Å². The highest BCUT2D eigenvalue weighted by molar-refractivity contribution is 14.1. The lowest BCUT2D eigenvalue weighted by Gasteiger charge is -2.33. The minimum absolute atomic E-state index is 0.204. The normalized spacial score (nSPS) is 15.9. The Hall–Kier alpha value is -0.100. The fraction of sp³-hybridized carbons (Fsp3) is 1.00. The van der Waals surface area contributed by atoms with Crippen molar-refractivity contribution in [3.8, 4) is 0 Å². The molecule has 0 fully saturated rings. The highest BCUT2D eigenvalue weighted by Gasteiger charge is 2.73. The summed E-state index contributed by atoms with van der Waals surface area (Å²) in [6, 6.07) is 0. The van der Waals surface area contributed by atoms with Crippen LogP contribution < -0.4 is 4.72 Å². The average Bonchev–Trinajstić information content (AvgIpc) is 2.44. The molecule has 0 amide bonds. The molecule has 0 aromatic heterocycles. The monoisotopic (exact) mass is 570 g/mol. The first-order chi connectivity index (χ1) is 12.2. The van der Waals surface area contributed by atoms with Gasteiger partial charge in [-0.15, -0.1) is 0 Å². The first kappa shape index (κ1) is 27.9. The zero-order chi connectivity index (χ0) is 22.6. The smallest absolute Gasteiger partial charge is 0.251 e. The molecule has 0 aliphatic rings. The molecule has 0 bridgehead atoms. The lowest BCUT2D eigenvalue weighted by Crippen LogP contribution is -2.55. The van der Waals surface area contributed by atoms with E-state index < -0.39 is 58.7 Å². The number of rotatable bonds is 10. The summed E-state index contributed by atoms with van der Waals surface area (Å²) in [6.45, 7) is 0.195. The topological polar surface area (TPSA) is 49.4 Å². The highest BCUT2D eigenvalue weighted by Crippen LogP contribution is 2.52. The molecule has 4 nitrogen and oxygen atoms in total. The molecule has 0 rings (SSSR count). The molecule has 0 aromatic rings. The van der Waals surface area contributed by atoms with Crippen LogP contribution >= 0.6 is 22.9 Å². The van der Waals surface area contributed by atoms with E-state index in [1.807, 2.05) is 27.6 Å². The van der Waals surface area contributed by atoms with Crippen molar-refractivity contribution in [2.75, 3.05) is 25.9 Å². The van der Waals surface area contributed by atoms with Gasteiger partial charge in [0.25, 0.3) is 5.67 Å². The summed E-state index contributed by atoms with van der Waals surface area (Å²) in [5.41, 5.74) is -6.12. The quantitative estimate of drug-likeness (QED) is 0.184. The van der Waals surface area contributed by atoms with Crippen molar-refractivity contribution in [3.05, 3.63) is 0 Å². The molecule has 0 radical (unpaired) electrons. The Labute approximate surface area is 168 Å². The van der Waals surface area contributed by atoms with Gasteiger partial charge < -0.3 is 0 Å². The average molecular weight is 570 g/mol. The zero-order valence-corrected chi connectivity index (χ0v) is 17.1. The van der Waals surface area contributed by atoms with Crippen LogP contribution in [0.25, 0.3) is 0 Å². The lowest BCUT2D eigenvalue weighted by molar-refractivity contribution is -0.352. The Kier molecular flexibility index (Phi) is 9.77. The summed E-state index contributed by atoms with van der Waals surface area (Å²) in [6.07, 6.45) is -23.4. The Morgan fingerprint density at radius 2 is 1.43 bits per heavy atom. The molecule has 16 heteroatoms. The largest absolute Gasteiger partial charge is 0.431 e. The number of halogens is 11. The summed E-state index contributed by atoms with van der Waals surface area (Å²) in [7, 11) is -2.77. The van der Waals surface area contributed by atoms with Gasteiger partial charge in [-0.05, 0) is 19.9 Å². The van der Waals surface area contributed by atoms with Crippen LogP contribution in [0.4, 0.5) is 43.9 Å². The number of alkyl halides is 10. The minimum atomic E-state index is -6.66. The van der Waals surface area contributed by atoms with Gasteiger partial charge in [0, 0.05) is 42.4 Å². The van der Waals surface area contributed by atoms with Crippen molar-refractivity contribution < 1.29 is 52.3 Å². The zero-order valence-electron chi connectivity index (χ0n) is 14.1. The standard InChI is InChI=1S/C12H17F10IN2O2S/c1-25(23)5-2-4-24-28(26,27)6-3-8(10(14,15)16)7-9(13,11(17,18)19)12(20,21)22/h8,24H,2-7H2,1H3. The number of nitrogens with one attached hydrogen (secondary N) is 1. The van der Waals surface area contributed by atoms with Gasteiger partial charge >= 0.3 is 18.5 Å². The SMILES string of the molecule is CN(I)CCCNS(=O)(=O)CCC(CC(F)(C(F)(F)F)C(F)(F)F)C(F)(F)F. The van der Waals surface area contributed by atoms with E-state index in [0.717, 1.165) is 0 Å². The Morgan fingerprint density at radius 1 is 0.964 bits per heavy atom. The van der Waals surface area contributed by atoms with Gasteiger partial charge in [-0.25, -0.2) is 17.5 Å². The van der Waals surface area contributed by atoms with Gasteiger partial charge in [-0.3, -0.25) is 3.11 Å². The molecule has 0 saturated carbocycles. The third-order valence-electron chi connectivity index (χ3n) is 3.59. The highest BCUT2D eigenvalue weighted by atomic mass is 127. The number of hydrogen-bond donors (Lipinski definition) is 1. The van der Waals surface area contributed by atoms with E-state index in [1.54, 1.807) is 10.2 Å². The molecule has 0 aliphatic carbocycles. The Bertz CT molecular complexity index is 575. The summed E-state index contributed by atoms with van der Waals surface area (Å²) in [4.78, 5) is 0. The summed E-state index contributed by atoms with van der Waals surface area (Å²) in [5.74, 6) is -4.89. The molecular formula is C12H17F10IN2O2S. The maximum Gasteiger partial charge on any atom is 0.431 e. The van der Waals surface area contributed by atoms with Crippen molar-refractivity contribution in [1.29, 1.82) is 0 Å². The third-order valence-corrected chi connectivity index (χ3v) is 5.49. The first-order valence-electron chi connectivity index (χ1n) is 7.46. The van der Waals surface area contributed by atoms with Gasteiger partial charge in [0.2, 0.25) is 10.0 Å². The molecule has 0 saturated heterocycles. The number of nitrogens with zero attached hydrogens (tertiary/aromatic N) is 1. The molecule has 1 N–H and O–H groups in total. The molecule has 1 atom stereocenters. The second kappa shape index (κ2) is 9.80. The van der Waals surface area contributed by atoms with Gasteiger partial charge in [-0.1, -0.05) is 0 Å². The van der Waals surface area contributed by atoms with E-state index in [4.69, 9.17) is 0 Å². The van der Waals surface area contributed by atoms with Crippen LogP contribution in [-0.4, -0.2) is 61.6 Å². The molecular weight excluding hydrogens is 553 g/mol. The summed E-state index contributed by atoms with van der Waals surface area (Å²) in [5, 5.41) is 0. The van der Waals surface area contributed by atoms with Gasteiger partial charge in [0.15, 0.2) is 0 Å². The molecule has 170 valence electrons. The maximum atomic E-state index is 13.6. The van der Waals surface area contributed by atoms with Crippen LogP contribution in [0.3, 0.4) is 0 Å². The van der Waals surface area contributed by atoms with E-state index in [-0.39, 0.29) is 13.0 Å². The lowest BCUT2D eigenvalue weighted by atomic mass is 9.88. The Balaban J connectivity index is 5.27. The molecule has 28 heavy (non-hydrogen) atoms. The number of hydrogen-bond acceptors (Lipinski definition) is 3. The Morgan fingerprint density at radius 3 is 1.79 bits per heavy atom. The van der Waals surface area contributed by atoms with E-state index in [0.29, 0.717) is 6.54 Å². The fourth-order valence-corrected chi connectivity index (χ4v) is 3.54. The second-order valence-corrected chi connectivity index (χ2v) is 9.50.